The van der Waals surface area contributed by atoms with Gasteiger partial charge in [0.25, 0.3) is 0 Å². The highest BCUT2D eigenvalue weighted by Gasteiger charge is 2.27. The number of carbonyl (C=O) groups is 1. The average Bonchev–Trinajstić information content (AvgIpc) is 3.09. The Hall–Kier alpha value is -3.27. The van der Waals surface area contributed by atoms with E-state index in [1.165, 1.54) is 24.4 Å². The zero-order valence-corrected chi connectivity index (χ0v) is 19.3. The van der Waals surface area contributed by atoms with Crippen LogP contribution < -0.4 is 10.2 Å². The number of rotatable bonds is 5. The summed E-state index contributed by atoms with van der Waals surface area (Å²) in [5.41, 5.74) is 3.02. The van der Waals surface area contributed by atoms with Crippen molar-refractivity contribution in [2.24, 2.45) is 0 Å². The lowest BCUT2D eigenvalue weighted by Gasteiger charge is -2.25. The molecule has 8 nitrogen and oxygen atoms in total. The van der Waals surface area contributed by atoms with Gasteiger partial charge >= 0.3 is 6.03 Å². The van der Waals surface area contributed by atoms with Gasteiger partial charge in [0, 0.05) is 19.0 Å². The minimum absolute atomic E-state index is 0.0228. The highest BCUT2D eigenvalue weighted by Crippen LogP contribution is 2.29. The Labute approximate surface area is 192 Å². The number of aromatic nitrogens is 3. The van der Waals surface area contributed by atoms with E-state index in [0.29, 0.717) is 18.5 Å². The van der Waals surface area contributed by atoms with Crippen LogP contribution in [0.25, 0.3) is 5.69 Å². The van der Waals surface area contributed by atoms with Crippen LogP contribution >= 0.6 is 0 Å². The van der Waals surface area contributed by atoms with E-state index >= 15 is 0 Å². The van der Waals surface area contributed by atoms with Gasteiger partial charge in [-0.1, -0.05) is 6.92 Å². The molecule has 0 radical (unpaired) electrons. The summed E-state index contributed by atoms with van der Waals surface area (Å²) in [5.74, 6) is -0.321. The zero-order chi connectivity index (χ0) is 23.6. The predicted octanol–water partition coefficient (Wildman–Crippen LogP) is 3.81. The Bertz CT molecular complexity index is 1260. The Kier molecular flexibility index (Phi) is 6.46. The molecule has 0 saturated heterocycles. The first kappa shape index (κ1) is 22.9. The fourth-order valence-corrected chi connectivity index (χ4v) is 4.62. The van der Waals surface area contributed by atoms with Crippen molar-refractivity contribution in [3.8, 4) is 5.69 Å². The fraction of sp³-hybridized carbons (Fsp3) is 0.348. The van der Waals surface area contributed by atoms with Gasteiger partial charge in [-0.3, -0.25) is 4.90 Å². The number of hydrogen-bond acceptors (Lipinski definition) is 5. The Morgan fingerprint density at radius 1 is 1.21 bits per heavy atom. The molecule has 174 valence electrons. The van der Waals surface area contributed by atoms with Crippen molar-refractivity contribution in [2.75, 3.05) is 17.7 Å². The van der Waals surface area contributed by atoms with Gasteiger partial charge in [0.15, 0.2) is 14.9 Å². The number of pyridine rings is 1. The van der Waals surface area contributed by atoms with Gasteiger partial charge in [-0.15, -0.1) is 0 Å². The van der Waals surface area contributed by atoms with E-state index < -0.39 is 9.84 Å². The summed E-state index contributed by atoms with van der Waals surface area (Å²) in [4.78, 5) is 18.9. The fourth-order valence-electron chi connectivity index (χ4n) is 4.02. The zero-order valence-electron chi connectivity index (χ0n) is 18.5. The molecule has 1 aliphatic rings. The van der Waals surface area contributed by atoms with Gasteiger partial charge in [0.05, 0.1) is 29.3 Å². The Balaban J connectivity index is 1.61. The van der Waals surface area contributed by atoms with Crippen molar-refractivity contribution in [3.63, 3.8) is 0 Å². The van der Waals surface area contributed by atoms with Crippen LogP contribution in [-0.4, -0.2) is 42.0 Å². The van der Waals surface area contributed by atoms with Crippen LogP contribution in [0.15, 0.2) is 53.8 Å². The molecule has 0 spiro atoms. The monoisotopic (exact) mass is 471 g/mol. The Morgan fingerprint density at radius 2 is 1.97 bits per heavy atom. The molecule has 4 rings (SSSR count). The molecule has 1 aromatic carbocycles. The van der Waals surface area contributed by atoms with Gasteiger partial charge in [0.1, 0.15) is 5.82 Å². The number of urea groups is 1. The van der Waals surface area contributed by atoms with E-state index in [9.17, 15) is 17.6 Å². The van der Waals surface area contributed by atoms with Crippen molar-refractivity contribution < 1.29 is 17.6 Å². The summed E-state index contributed by atoms with van der Waals surface area (Å²) in [6.45, 7) is 2.46. The van der Waals surface area contributed by atoms with Gasteiger partial charge < -0.3 is 5.32 Å². The molecule has 3 aromatic rings. The lowest BCUT2D eigenvalue weighted by molar-refractivity contribution is 0.242. The summed E-state index contributed by atoms with van der Waals surface area (Å²) in [5, 5.41) is 7.48. The number of nitrogens with zero attached hydrogens (tertiary/aromatic N) is 4. The number of anilines is 1. The van der Waals surface area contributed by atoms with E-state index in [-0.39, 0.29) is 22.9 Å². The number of nitrogens with one attached hydrogen (secondary N) is 1. The number of fused-ring (bicyclic) bond motifs is 1. The molecule has 1 N–H and O–H groups in total. The third-order valence-electron chi connectivity index (χ3n) is 5.75. The van der Waals surface area contributed by atoms with Gasteiger partial charge in [-0.05, 0) is 67.6 Å². The maximum atomic E-state index is 13.4. The first-order valence-electron chi connectivity index (χ1n) is 10.8. The second-order valence-electron chi connectivity index (χ2n) is 8.08. The molecule has 1 unspecified atom stereocenters. The van der Waals surface area contributed by atoms with Crippen molar-refractivity contribution in [2.45, 2.75) is 43.7 Å². The minimum atomic E-state index is -3.46. The second kappa shape index (κ2) is 9.30. The second-order valence-corrected chi connectivity index (χ2v) is 10.0. The van der Waals surface area contributed by atoms with E-state index in [1.807, 2.05) is 6.92 Å². The van der Waals surface area contributed by atoms with Crippen LogP contribution in [0.2, 0.25) is 0 Å². The highest BCUT2D eigenvalue weighted by atomic mass is 32.2. The van der Waals surface area contributed by atoms with E-state index in [0.717, 1.165) is 42.6 Å². The number of halogens is 1. The molecule has 3 heterocycles. The lowest BCUT2D eigenvalue weighted by atomic mass is 10.1. The highest BCUT2D eigenvalue weighted by molar-refractivity contribution is 7.90. The summed E-state index contributed by atoms with van der Waals surface area (Å²) < 4.78 is 38.9. The van der Waals surface area contributed by atoms with E-state index in [4.69, 9.17) is 0 Å². The van der Waals surface area contributed by atoms with Crippen LogP contribution in [0.5, 0.6) is 0 Å². The molecule has 0 saturated carbocycles. The standard InChI is InChI=1S/C23H26FN5O3S/c1-3-19(16-11-12-25-22(14-16)33(2,31)32)27-23(30)28-13-5-4-6-20-21(28)15-26-29(20)18-9-7-17(24)8-10-18/h7-12,14-15,19H,3-6,13H2,1-2H3,(H,27,30). The molecule has 2 amide bonds. The SMILES string of the molecule is CCC(NC(=O)N1CCCCc2c1cnn2-c1ccc(F)cc1)c1ccnc(S(C)(=O)=O)c1. The summed E-state index contributed by atoms with van der Waals surface area (Å²) in [7, 11) is -3.46. The molecule has 0 fully saturated rings. The number of benzene rings is 1. The van der Waals surface area contributed by atoms with Crippen molar-refractivity contribution in [3.05, 3.63) is 65.9 Å². The molecular formula is C23H26FN5O3S. The predicted molar refractivity (Wildman–Crippen MR) is 123 cm³/mol. The molecule has 0 bridgehead atoms. The number of carbonyl (C=O) groups excluding carboxylic acids is 1. The first-order chi connectivity index (χ1) is 15.8. The van der Waals surface area contributed by atoms with E-state index in [1.54, 1.807) is 34.0 Å². The molecule has 1 aliphatic heterocycles. The van der Waals surface area contributed by atoms with Crippen LogP contribution in [0.4, 0.5) is 14.9 Å². The maximum Gasteiger partial charge on any atom is 0.322 e. The van der Waals surface area contributed by atoms with Gasteiger partial charge in [-0.2, -0.15) is 5.10 Å². The average molecular weight is 472 g/mol. The third-order valence-corrected chi connectivity index (χ3v) is 6.73. The van der Waals surface area contributed by atoms with Crippen LogP contribution in [0, 0.1) is 5.82 Å². The van der Waals surface area contributed by atoms with Crippen molar-refractivity contribution in [1.29, 1.82) is 0 Å². The molecular weight excluding hydrogens is 445 g/mol. The summed E-state index contributed by atoms with van der Waals surface area (Å²) in [6, 6.07) is 8.66. The lowest BCUT2D eigenvalue weighted by Crippen LogP contribution is -2.42. The van der Waals surface area contributed by atoms with Crippen molar-refractivity contribution >= 4 is 21.6 Å². The number of hydrogen-bond donors (Lipinski definition) is 1. The van der Waals surface area contributed by atoms with E-state index in [2.05, 4.69) is 15.4 Å². The molecule has 1 atom stereocenters. The number of sulfone groups is 1. The van der Waals surface area contributed by atoms with Crippen molar-refractivity contribution in [1.82, 2.24) is 20.1 Å². The minimum Gasteiger partial charge on any atom is -0.331 e. The molecule has 33 heavy (non-hydrogen) atoms. The smallest absolute Gasteiger partial charge is 0.322 e. The van der Waals surface area contributed by atoms with Gasteiger partial charge in [-0.25, -0.2) is 27.3 Å². The topological polar surface area (TPSA) is 97.2 Å². The molecule has 0 aliphatic carbocycles. The first-order valence-corrected chi connectivity index (χ1v) is 12.7. The quantitative estimate of drug-likeness (QED) is 0.610. The van der Waals surface area contributed by atoms with Gasteiger partial charge in [0.2, 0.25) is 0 Å². The number of amides is 2. The van der Waals surface area contributed by atoms with Crippen LogP contribution in [0.3, 0.4) is 0 Å². The largest absolute Gasteiger partial charge is 0.331 e. The molecule has 10 heteroatoms. The Morgan fingerprint density at radius 3 is 2.67 bits per heavy atom. The molecule has 2 aromatic heterocycles. The maximum absolute atomic E-state index is 13.4. The van der Waals surface area contributed by atoms with Crippen LogP contribution in [-0.2, 0) is 16.3 Å². The summed E-state index contributed by atoms with van der Waals surface area (Å²) in [6.07, 6.45) is 7.26. The normalized spacial score (nSPS) is 14.9. The summed E-state index contributed by atoms with van der Waals surface area (Å²) >= 11 is 0. The van der Waals surface area contributed by atoms with Crippen LogP contribution in [0.1, 0.15) is 43.5 Å². The third kappa shape index (κ3) is 4.90.